The SMILES string of the molecule is CCn1cc(Oc2ccccc2CN)cn1. The number of nitrogens with two attached hydrogens (primary N) is 1. The molecule has 0 saturated heterocycles. The zero-order valence-corrected chi connectivity index (χ0v) is 9.26. The van der Waals surface area contributed by atoms with E-state index in [1.807, 2.05) is 42.1 Å². The lowest BCUT2D eigenvalue weighted by Gasteiger charge is -2.07. The van der Waals surface area contributed by atoms with Gasteiger partial charge in [0.1, 0.15) is 5.75 Å². The third-order valence-corrected chi connectivity index (χ3v) is 2.35. The molecule has 2 aromatic rings. The normalized spacial score (nSPS) is 10.4. The molecule has 16 heavy (non-hydrogen) atoms. The number of rotatable bonds is 4. The van der Waals surface area contributed by atoms with E-state index in [1.54, 1.807) is 6.20 Å². The Bertz CT molecular complexity index is 465. The molecule has 0 aliphatic carbocycles. The topological polar surface area (TPSA) is 53.1 Å². The van der Waals surface area contributed by atoms with Crippen molar-refractivity contribution >= 4 is 0 Å². The van der Waals surface area contributed by atoms with Gasteiger partial charge in [-0.2, -0.15) is 5.10 Å². The molecule has 2 rings (SSSR count). The highest BCUT2D eigenvalue weighted by molar-refractivity contribution is 5.36. The molecule has 0 aliphatic rings. The molecule has 2 N–H and O–H groups in total. The Morgan fingerprint density at radius 3 is 2.88 bits per heavy atom. The second kappa shape index (κ2) is 4.81. The quantitative estimate of drug-likeness (QED) is 0.853. The van der Waals surface area contributed by atoms with Crippen molar-refractivity contribution in [1.82, 2.24) is 9.78 Å². The van der Waals surface area contributed by atoms with Crippen molar-refractivity contribution in [1.29, 1.82) is 0 Å². The lowest BCUT2D eigenvalue weighted by atomic mass is 10.2. The molecule has 0 radical (unpaired) electrons. The molecular formula is C12H15N3O. The summed E-state index contributed by atoms with van der Waals surface area (Å²) in [5.74, 6) is 1.53. The van der Waals surface area contributed by atoms with Crippen LogP contribution in [0.4, 0.5) is 0 Å². The van der Waals surface area contributed by atoms with Gasteiger partial charge in [0, 0.05) is 18.7 Å². The zero-order valence-electron chi connectivity index (χ0n) is 9.26. The molecule has 4 nitrogen and oxygen atoms in total. The van der Waals surface area contributed by atoms with Gasteiger partial charge in [-0.15, -0.1) is 0 Å². The summed E-state index contributed by atoms with van der Waals surface area (Å²) in [6.45, 7) is 3.34. The fraction of sp³-hybridized carbons (Fsp3) is 0.250. The van der Waals surface area contributed by atoms with Crippen molar-refractivity contribution < 1.29 is 4.74 Å². The van der Waals surface area contributed by atoms with E-state index in [0.29, 0.717) is 6.54 Å². The van der Waals surface area contributed by atoms with E-state index >= 15 is 0 Å². The molecule has 0 bridgehead atoms. The molecule has 0 amide bonds. The van der Waals surface area contributed by atoms with Crippen LogP contribution in [0, 0.1) is 0 Å². The van der Waals surface area contributed by atoms with Gasteiger partial charge in [-0.3, -0.25) is 4.68 Å². The average Bonchev–Trinajstić information content (AvgIpc) is 2.77. The molecule has 0 spiro atoms. The molecule has 1 aromatic heterocycles. The van der Waals surface area contributed by atoms with Gasteiger partial charge >= 0.3 is 0 Å². The Hall–Kier alpha value is -1.81. The van der Waals surface area contributed by atoms with Crippen molar-refractivity contribution in [2.24, 2.45) is 5.73 Å². The number of aryl methyl sites for hydroxylation is 1. The molecule has 0 fully saturated rings. The third kappa shape index (κ3) is 2.23. The van der Waals surface area contributed by atoms with E-state index in [0.717, 1.165) is 23.6 Å². The first kappa shape index (κ1) is 10.7. The van der Waals surface area contributed by atoms with Gasteiger partial charge in [0.05, 0.1) is 12.4 Å². The maximum absolute atomic E-state index is 5.72. The molecule has 0 aliphatic heterocycles. The average molecular weight is 217 g/mol. The van der Waals surface area contributed by atoms with Crippen LogP contribution >= 0.6 is 0 Å². The monoisotopic (exact) mass is 217 g/mol. The highest BCUT2D eigenvalue weighted by atomic mass is 16.5. The van der Waals surface area contributed by atoms with E-state index < -0.39 is 0 Å². The molecule has 0 saturated carbocycles. The first-order valence-corrected chi connectivity index (χ1v) is 5.31. The van der Waals surface area contributed by atoms with E-state index in [4.69, 9.17) is 10.5 Å². The largest absolute Gasteiger partial charge is 0.454 e. The van der Waals surface area contributed by atoms with Crippen LogP contribution in [-0.4, -0.2) is 9.78 Å². The van der Waals surface area contributed by atoms with Crippen LogP contribution in [-0.2, 0) is 13.1 Å². The Labute approximate surface area is 94.6 Å². The van der Waals surface area contributed by atoms with Gasteiger partial charge < -0.3 is 10.5 Å². The fourth-order valence-electron chi connectivity index (χ4n) is 1.47. The molecule has 4 heteroatoms. The second-order valence-electron chi connectivity index (χ2n) is 3.45. The maximum Gasteiger partial charge on any atom is 0.165 e. The van der Waals surface area contributed by atoms with Gasteiger partial charge in [0.25, 0.3) is 0 Å². The fourth-order valence-corrected chi connectivity index (χ4v) is 1.47. The Balaban J connectivity index is 2.19. The molecule has 1 heterocycles. The minimum Gasteiger partial charge on any atom is -0.454 e. The zero-order chi connectivity index (χ0) is 11.4. The summed E-state index contributed by atoms with van der Waals surface area (Å²) in [6, 6.07) is 7.74. The van der Waals surface area contributed by atoms with Crippen LogP contribution in [0.3, 0.4) is 0 Å². The number of hydrogen-bond donors (Lipinski definition) is 1. The number of aromatic nitrogens is 2. The summed E-state index contributed by atoms with van der Waals surface area (Å²) >= 11 is 0. The predicted octanol–water partition coefficient (Wildman–Crippen LogP) is 2.15. The first-order valence-electron chi connectivity index (χ1n) is 5.31. The Morgan fingerprint density at radius 2 is 2.19 bits per heavy atom. The van der Waals surface area contributed by atoms with Crippen LogP contribution in [0.1, 0.15) is 12.5 Å². The smallest absolute Gasteiger partial charge is 0.165 e. The van der Waals surface area contributed by atoms with Gasteiger partial charge in [0.15, 0.2) is 5.75 Å². The molecule has 0 atom stereocenters. The van der Waals surface area contributed by atoms with E-state index in [1.165, 1.54) is 0 Å². The van der Waals surface area contributed by atoms with Crippen LogP contribution in [0.5, 0.6) is 11.5 Å². The number of nitrogens with zero attached hydrogens (tertiary/aromatic N) is 2. The standard InChI is InChI=1S/C12H15N3O/c1-2-15-9-11(8-14-15)16-12-6-4-3-5-10(12)7-13/h3-6,8-9H,2,7,13H2,1H3. The van der Waals surface area contributed by atoms with Crippen LogP contribution in [0.15, 0.2) is 36.7 Å². The van der Waals surface area contributed by atoms with E-state index in [-0.39, 0.29) is 0 Å². The van der Waals surface area contributed by atoms with Crippen molar-refractivity contribution in [2.75, 3.05) is 0 Å². The molecule has 1 aromatic carbocycles. The third-order valence-electron chi connectivity index (χ3n) is 2.35. The van der Waals surface area contributed by atoms with E-state index in [9.17, 15) is 0 Å². The Kier molecular flexibility index (Phi) is 3.22. The highest BCUT2D eigenvalue weighted by Gasteiger charge is 2.04. The van der Waals surface area contributed by atoms with Crippen molar-refractivity contribution in [2.45, 2.75) is 20.0 Å². The number of benzene rings is 1. The maximum atomic E-state index is 5.72. The second-order valence-corrected chi connectivity index (χ2v) is 3.45. The number of ether oxygens (including phenoxy) is 1. The van der Waals surface area contributed by atoms with E-state index in [2.05, 4.69) is 5.10 Å². The van der Waals surface area contributed by atoms with Gasteiger partial charge in [0.2, 0.25) is 0 Å². The lowest BCUT2D eigenvalue weighted by molar-refractivity contribution is 0.475. The van der Waals surface area contributed by atoms with Gasteiger partial charge in [-0.25, -0.2) is 0 Å². The molecule has 84 valence electrons. The van der Waals surface area contributed by atoms with Gasteiger partial charge in [-0.05, 0) is 13.0 Å². The lowest BCUT2D eigenvalue weighted by Crippen LogP contribution is -1.98. The van der Waals surface area contributed by atoms with Crippen molar-refractivity contribution in [3.63, 3.8) is 0 Å². The summed E-state index contributed by atoms with van der Waals surface area (Å²) in [4.78, 5) is 0. The van der Waals surface area contributed by atoms with Crippen LogP contribution in [0.2, 0.25) is 0 Å². The molecular weight excluding hydrogens is 202 g/mol. The summed E-state index contributed by atoms with van der Waals surface area (Å²) in [6.07, 6.45) is 3.57. The summed E-state index contributed by atoms with van der Waals surface area (Å²) in [7, 11) is 0. The van der Waals surface area contributed by atoms with Gasteiger partial charge in [-0.1, -0.05) is 18.2 Å². The van der Waals surface area contributed by atoms with Crippen molar-refractivity contribution in [3.8, 4) is 11.5 Å². The molecule has 0 unspecified atom stereocenters. The highest BCUT2D eigenvalue weighted by Crippen LogP contribution is 2.24. The minimum atomic E-state index is 0.470. The number of para-hydroxylation sites is 1. The summed E-state index contributed by atoms with van der Waals surface area (Å²) in [5, 5.41) is 4.15. The van der Waals surface area contributed by atoms with Crippen LogP contribution < -0.4 is 10.5 Å². The first-order chi connectivity index (χ1) is 7.83. The summed E-state index contributed by atoms with van der Waals surface area (Å²) in [5.41, 5.74) is 6.63. The Morgan fingerprint density at radius 1 is 1.38 bits per heavy atom. The van der Waals surface area contributed by atoms with Crippen molar-refractivity contribution in [3.05, 3.63) is 42.2 Å². The number of hydrogen-bond acceptors (Lipinski definition) is 3. The van der Waals surface area contributed by atoms with Crippen LogP contribution in [0.25, 0.3) is 0 Å². The summed E-state index contributed by atoms with van der Waals surface area (Å²) < 4.78 is 7.54. The minimum absolute atomic E-state index is 0.470. The predicted molar refractivity (Wildman–Crippen MR) is 62.3 cm³/mol.